The van der Waals surface area contributed by atoms with Gasteiger partial charge in [-0.3, -0.25) is 0 Å². The molecule has 21 heavy (non-hydrogen) atoms. The summed E-state index contributed by atoms with van der Waals surface area (Å²) in [6, 6.07) is 14.2. The third-order valence-corrected chi connectivity index (χ3v) is 3.77. The highest BCUT2D eigenvalue weighted by Gasteiger charge is 2.00. The number of methoxy groups -OCH3 is 1. The highest BCUT2D eigenvalue weighted by Crippen LogP contribution is 2.19. The molecular weight excluding hydrogens is 346 g/mol. The number of halogens is 1. The number of hydrogen-bond donors (Lipinski definition) is 2. The summed E-state index contributed by atoms with van der Waals surface area (Å²) in [6.45, 7) is 5.62. The molecule has 0 radical (unpaired) electrons. The van der Waals surface area contributed by atoms with Gasteiger partial charge in [0, 0.05) is 22.5 Å². The minimum atomic E-state index is 0.796. The van der Waals surface area contributed by atoms with E-state index in [-0.39, 0.29) is 0 Å². The second-order valence-corrected chi connectivity index (χ2v) is 5.62. The first-order chi connectivity index (χ1) is 10.2. The van der Waals surface area contributed by atoms with Crippen LogP contribution in [0.1, 0.15) is 25.0 Å². The molecule has 0 aromatic heterocycles. The molecule has 4 heteroatoms. The van der Waals surface area contributed by atoms with E-state index in [2.05, 4.69) is 52.1 Å². The Hall–Kier alpha value is -0.970. The fourth-order valence-corrected chi connectivity index (χ4v) is 2.41. The van der Waals surface area contributed by atoms with Gasteiger partial charge in [0.05, 0.1) is 7.11 Å². The lowest BCUT2D eigenvalue weighted by Gasteiger charge is -2.08. The van der Waals surface area contributed by atoms with E-state index in [1.54, 1.807) is 7.11 Å². The van der Waals surface area contributed by atoms with E-state index < -0.39 is 0 Å². The molecule has 2 nitrogen and oxygen atoms in total. The first-order valence-electron chi connectivity index (χ1n) is 7.00. The zero-order valence-corrected chi connectivity index (χ0v) is 15.2. The Morgan fingerprint density at radius 1 is 1.05 bits per heavy atom. The summed E-state index contributed by atoms with van der Waals surface area (Å²) in [7, 11) is 1.68. The zero-order chi connectivity index (χ0) is 15.7. The van der Waals surface area contributed by atoms with Gasteiger partial charge in [-0.2, -0.15) is 0 Å². The third-order valence-electron chi connectivity index (χ3n) is 2.85. The minimum Gasteiger partial charge on any atom is -0.497 e. The molecule has 0 heterocycles. The van der Waals surface area contributed by atoms with Crippen molar-refractivity contribution >= 4 is 28.6 Å². The van der Waals surface area contributed by atoms with E-state index in [0.29, 0.717) is 0 Å². The number of hydrogen-bond acceptors (Lipinski definition) is 3. The van der Waals surface area contributed by atoms with E-state index in [1.165, 1.54) is 11.1 Å². The van der Waals surface area contributed by atoms with Crippen molar-refractivity contribution in [3.8, 4) is 5.75 Å². The largest absolute Gasteiger partial charge is 0.497 e. The smallest absolute Gasteiger partial charge is 0.118 e. The molecule has 0 saturated carbocycles. The lowest BCUT2D eigenvalue weighted by molar-refractivity contribution is 0.414. The molecule has 0 aliphatic heterocycles. The molecule has 0 aliphatic rings. The van der Waals surface area contributed by atoms with Gasteiger partial charge < -0.3 is 10.1 Å². The number of nitrogens with one attached hydrogen (secondary N) is 1. The predicted molar refractivity (Wildman–Crippen MR) is 96.3 cm³/mol. The fraction of sp³-hybridized carbons (Fsp3) is 0.294. The van der Waals surface area contributed by atoms with Crippen LogP contribution in [0.15, 0.2) is 51.8 Å². The second kappa shape index (κ2) is 9.87. The molecule has 0 amide bonds. The third kappa shape index (κ3) is 6.12. The normalized spacial score (nSPS) is 9.76. The van der Waals surface area contributed by atoms with Gasteiger partial charge in [-0.15, -0.1) is 12.6 Å². The lowest BCUT2D eigenvalue weighted by Crippen LogP contribution is -2.13. The Kier molecular flexibility index (Phi) is 8.50. The van der Waals surface area contributed by atoms with Crippen LogP contribution in [-0.4, -0.2) is 7.11 Å². The van der Waals surface area contributed by atoms with Crippen molar-refractivity contribution in [1.29, 1.82) is 0 Å². The predicted octanol–water partition coefficient (Wildman–Crippen LogP) is 5.06. The van der Waals surface area contributed by atoms with Gasteiger partial charge in [-0.25, -0.2) is 0 Å². The van der Waals surface area contributed by atoms with Crippen LogP contribution in [0.2, 0.25) is 0 Å². The lowest BCUT2D eigenvalue weighted by atomic mass is 10.2. The summed E-state index contributed by atoms with van der Waals surface area (Å²) < 4.78 is 6.21. The van der Waals surface area contributed by atoms with Crippen molar-refractivity contribution in [2.75, 3.05) is 7.11 Å². The first kappa shape index (κ1) is 18.1. The maximum atomic E-state index is 5.14. The SMILES string of the molecule is CC.COc1ccc(CNCc2cc(Br)ccc2S)cc1. The van der Waals surface area contributed by atoms with Crippen molar-refractivity contribution in [2.24, 2.45) is 0 Å². The van der Waals surface area contributed by atoms with Gasteiger partial charge in [-0.1, -0.05) is 41.9 Å². The average molecular weight is 368 g/mol. The Morgan fingerprint density at radius 3 is 2.33 bits per heavy atom. The zero-order valence-electron chi connectivity index (χ0n) is 12.7. The molecule has 0 spiro atoms. The van der Waals surface area contributed by atoms with Crippen molar-refractivity contribution < 1.29 is 4.74 Å². The molecule has 2 aromatic carbocycles. The molecule has 0 aliphatic carbocycles. The van der Waals surface area contributed by atoms with Gasteiger partial charge in [-0.05, 0) is 41.5 Å². The molecule has 0 saturated heterocycles. The summed E-state index contributed by atoms with van der Waals surface area (Å²) in [6.07, 6.45) is 0. The van der Waals surface area contributed by atoms with Crippen LogP contribution in [0.4, 0.5) is 0 Å². The molecule has 2 aromatic rings. The van der Waals surface area contributed by atoms with Crippen LogP contribution >= 0.6 is 28.6 Å². The summed E-state index contributed by atoms with van der Waals surface area (Å²) in [5.74, 6) is 0.883. The molecule has 0 unspecified atom stereocenters. The van der Waals surface area contributed by atoms with Crippen molar-refractivity contribution in [3.63, 3.8) is 0 Å². The summed E-state index contributed by atoms with van der Waals surface area (Å²) in [4.78, 5) is 1.01. The van der Waals surface area contributed by atoms with Crippen molar-refractivity contribution in [3.05, 3.63) is 58.1 Å². The van der Waals surface area contributed by atoms with Crippen LogP contribution in [0.25, 0.3) is 0 Å². The fourth-order valence-electron chi connectivity index (χ4n) is 1.78. The summed E-state index contributed by atoms with van der Waals surface area (Å²) in [5, 5.41) is 3.41. The molecule has 0 fully saturated rings. The molecule has 0 atom stereocenters. The van der Waals surface area contributed by atoms with E-state index in [0.717, 1.165) is 28.2 Å². The Balaban J connectivity index is 0.00000106. The highest BCUT2D eigenvalue weighted by atomic mass is 79.9. The van der Waals surface area contributed by atoms with E-state index in [1.807, 2.05) is 38.1 Å². The van der Waals surface area contributed by atoms with Crippen LogP contribution in [-0.2, 0) is 13.1 Å². The summed E-state index contributed by atoms with van der Waals surface area (Å²) >= 11 is 7.93. The van der Waals surface area contributed by atoms with Gasteiger partial charge in [0.25, 0.3) is 0 Å². The van der Waals surface area contributed by atoms with Crippen molar-refractivity contribution in [2.45, 2.75) is 31.8 Å². The Bertz CT molecular complexity index is 543. The van der Waals surface area contributed by atoms with Gasteiger partial charge in [0.2, 0.25) is 0 Å². The van der Waals surface area contributed by atoms with Crippen LogP contribution in [0.3, 0.4) is 0 Å². The maximum Gasteiger partial charge on any atom is 0.118 e. The number of benzene rings is 2. The average Bonchev–Trinajstić information content (AvgIpc) is 2.53. The van der Waals surface area contributed by atoms with Crippen molar-refractivity contribution in [1.82, 2.24) is 5.32 Å². The highest BCUT2D eigenvalue weighted by molar-refractivity contribution is 9.10. The molecular formula is C17H22BrNOS. The second-order valence-electron chi connectivity index (χ2n) is 4.22. The van der Waals surface area contributed by atoms with Crippen LogP contribution < -0.4 is 10.1 Å². The van der Waals surface area contributed by atoms with Gasteiger partial charge in [0.1, 0.15) is 5.75 Å². The minimum absolute atomic E-state index is 0.796. The summed E-state index contributed by atoms with van der Waals surface area (Å²) in [5.41, 5.74) is 2.42. The number of rotatable bonds is 5. The standard InChI is InChI=1S/C15H16BrNOS.C2H6/c1-18-14-5-2-11(3-6-14)9-17-10-12-8-13(16)4-7-15(12)19;1-2/h2-8,17,19H,9-10H2,1H3;1-2H3. The molecule has 0 bridgehead atoms. The van der Waals surface area contributed by atoms with E-state index >= 15 is 0 Å². The van der Waals surface area contributed by atoms with Gasteiger partial charge in [0.15, 0.2) is 0 Å². The van der Waals surface area contributed by atoms with Crippen LogP contribution in [0.5, 0.6) is 5.75 Å². The maximum absolute atomic E-state index is 5.14. The monoisotopic (exact) mass is 367 g/mol. The van der Waals surface area contributed by atoms with Crippen LogP contribution in [0, 0.1) is 0 Å². The molecule has 2 rings (SSSR count). The molecule has 1 N–H and O–H groups in total. The van der Waals surface area contributed by atoms with E-state index in [9.17, 15) is 0 Å². The Labute approximate surface area is 141 Å². The van der Waals surface area contributed by atoms with E-state index in [4.69, 9.17) is 4.74 Å². The Morgan fingerprint density at radius 2 is 1.71 bits per heavy atom. The number of thiol groups is 1. The van der Waals surface area contributed by atoms with Gasteiger partial charge >= 0.3 is 0 Å². The first-order valence-corrected chi connectivity index (χ1v) is 8.24. The quantitative estimate of drug-likeness (QED) is 0.720. The molecule has 114 valence electrons. The number of ether oxygens (including phenoxy) is 1. The topological polar surface area (TPSA) is 21.3 Å².